The third-order valence-corrected chi connectivity index (χ3v) is 12.8. The number of benzene rings is 2. The van der Waals surface area contributed by atoms with E-state index in [1.807, 2.05) is 6.07 Å². The number of thioether (sulfide) groups is 1. The van der Waals surface area contributed by atoms with Gasteiger partial charge in [-0.2, -0.15) is 11.8 Å². The van der Waals surface area contributed by atoms with E-state index in [4.69, 9.17) is 9.47 Å². The number of carbonyl (C=O) groups excluding carboxylic acids is 4. The predicted octanol–water partition coefficient (Wildman–Crippen LogP) is 4.17. The number of nitrogens with zero attached hydrogens (tertiary/aromatic N) is 4. The van der Waals surface area contributed by atoms with Crippen molar-refractivity contribution < 1.29 is 33.0 Å². The highest BCUT2D eigenvalue weighted by atomic mass is 32.2. The number of likely N-dealkylation sites (tertiary alicyclic amines) is 1. The van der Waals surface area contributed by atoms with E-state index in [-0.39, 0.29) is 29.7 Å². The molecular formula is C40H49FN6O7S. The van der Waals surface area contributed by atoms with Crippen LogP contribution in [0.5, 0.6) is 5.75 Å². The number of halogens is 1. The highest BCUT2D eigenvalue weighted by Crippen LogP contribution is 2.32. The van der Waals surface area contributed by atoms with Crippen molar-refractivity contribution >= 4 is 52.4 Å². The zero-order chi connectivity index (χ0) is 38.5. The number of hydrogen-bond donors (Lipinski definition) is 2. The van der Waals surface area contributed by atoms with E-state index in [9.17, 15) is 24.0 Å². The molecular weight excluding hydrogens is 728 g/mol. The van der Waals surface area contributed by atoms with Crippen LogP contribution >= 0.6 is 11.8 Å². The van der Waals surface area contributed by atoms with Crippen LogP contribution < -0.4 is 20.5 Å². The molecule has 0 aliphatic carbocycles. The Balaban J connectivity index is 0.860. The zero-order valence-corrected chi connectivity index (χ0v) is 32.0. The molecule has 7 rings (SSSR count). The van der Waals surface area contributed by atoms with E-state index >= 15 is 4.39 Å². The lowest BCUT2D eigenvalue weighted by Crippen LogP contribution is -2.42. The van der Waals surface area contributed by atoms with Crippen LogP contribution in [-0.4, -0.2) is 115 Å². The number of aromatic nitrogens is 2. The van der Waals surface area contributed by atoms with Crippen LogP contribution in [0.4, 0.5) is 10.1 Å². The second-order valence-corrected chi connectivity index (χ2v) is 16.3. The van der Waals surface area contributed by atoms with Gasteiger partial charge in [0.05, 0.1) is 35.0 Å². The minimum absolute atomic E-state index is 0.0371. The Labute approximate surface area is 323 Å². The number of nitrogens with one attached hydrogen (secondary N) is 2. The maximum atomic E-state index is 15.0. The number of fused-ring (bicyclic) bond motifs is 2. The lowest BCUT2D eigenvalue weighted by Gasteiger charge is -2.38. The minimum Gasteiger partial charge on any atom is -0.493 e. The van der Waals surface area contributed by atoms with Crippen LogP contribution in [0.3, 0.4) is 0 Å². The molecule has 2 aromatic carbocycles. The maximum Gasteiger partial charge on any atom is 0.262 e. The third kappa shape index (κ3) is 9.05. The molecule has 3 saturated heterocycles. The van der Waals surface area contributed by atoms with Gasteiger partial charge in [-0.05, 0) is 88.1 Å². The standard InChI is InChI=1S/C40H49FN6O7S/c1-42-36(49)5-3-28(22-48)47-39(51)31-4-2-27(18-32(31)40(47)52)46-14-8-25(9-15-46)21-45-12-6-26(7-13-45)23-54-29-19-33(41)37-34(20-29)43-35(44-38(37)50)24-55-30-10-16-53-17-11-30/h2,4,18-20,22,25-26,28,30H,3,5-17,21,23-24H2,1H3,(H,42,49)(H,43,44,50). The van der Waals surface area contributed by atoms with Crippen molar-refractivity contribution in [2.75, 3.05) is 64.5 Å². The fraction of sp³-hybridized carbons (Fsp3) is 0.550. The first-order valence-corrected chi connectivity index (χ1v) is 20.4. The predicted molar refractivity (Wildman–Crippen MR) is 207 cm³/mol. The lowest BCUT2D eigenvalue weighted by atomic mass is 9.92. The molecule has 3 fully saturated rings. The van der Waals surface area contributed by atoms with Crippen molar-refractivity contribution in [1.82, 2.24) is 25.1 Å². The number of carbonyl (C=O) groups is 4. The first kappa shape index (κ1) is 38.9. The number of hydrogen-bond acceptors (Lipinski definition) is 11. The summed E-state index contributed by atoms with van der Waals surface area (Å²) < 4.78 is 26.6. The van der Waals surface area contributed by atoms with Gasteiger partial charge in [-0.15, -0.1) is 0 Å². The third-order valence-electron chi connectivity index (χ3n) is 11.4. The van der Waals surface area contributed by atoms with Crippen LogP contribution in [0.1, 0.15) is 77.9 Å². The Bertz CT molecular complexity index is 1960. The first-order chi connectivity index (χ1) is 26.7. The minimum atomic E-state index is -0.994. The number of aromatic amines is 1. The maximum absolute atomic E-state index is 15.0. The molecule has 0 radical (unpaired) electrons. The number of H-pyrrole nitrogens is 1. The number of rotatable bonds is 14. The SMILES string of the molecule is CNC(=O)CCC(C=O)N1C(=O)c2ccc(N3CCC(CN4CCC(COc5cc(F)c6c(=O)[nH]c(CSC7CCOCC7)nc6c5)CC4)CC3)cc2C1=O. The largest absolute Gasteiger partial charge is 0.493 e. The average molecular weight is 777 g/mol. The number of aldehydes is 1. The summed E-state index contributed by atoms with van der Waals surface area (Å²) in [7, 11) is 1.50. The highest BCUT2D eigenvalue weighted by Gasteiger charge is 2.40. The lowest BCUT2D eigenvalue weighted by molar-refractivity contribution is -0.121. The van der Waals surface area contributed by atoms with Gasteiger partial charge in [-0.1, -0.05) is 0 Å². The van der Waals surface area contributed by atoms with Gasteiger partial charge < -0.3 is 34.4 Å². The molecule has 3 aromatic rings. The van der Waals surface area contributed by atoms with Crippen LogP contribution in [0.2, 0.25) is 0 Å². The Kier molecular flexibility index (Phi) is 12.5. The van der Waals surface area contributed by atoms with Gasteiger partial charge in [0, 0.05) is 69.4 Å². The van der Waals surface area contributed by atoms with Gasteiger partial charge in [0.2, 0.25) is 5.91 Å². The quantitative estimate of drug-likeness (QED) is 0.179. The first-order valence-electron chi connectivity index (χ1n) is 19.4. The summed E-state index contributed by atoms with van der Waals surface area (Å²) in [6.07, 6.45) is 6.59. The Morgan fingerprint density at radius 1 is 1.02 bits per heavy atom. The summed E-state index contributed by atoms with van der Waals surface area (Å²) in [6.45, 7) is 6.59. The van der Waals surface area contributed by atoms with Gasteiger partial charge in [0.1, 0.15) is 29.1 Å². The van der Waals surface area contributed by atoms with Crippen LogP contribution in [-0.2, 0) is 20.1 Å². The van der Waals surface area contributed by atoms with Crippen LogP contribution in [0.25, 0.3) is 10.9 Å². The van der Waals surface area contributed by atoms with Gasteiger partial charge in [-0.3, -0.25) is 24.1 Å². The number of anilines is 1. The normalized spacial score (nSPS) is 19.5. The van der Waals surface area contributed by atoms with Crippen LogP contribution in [0, 0.1) is 17.7 Å². The molecule has 5 heterocycles. The van der Waals surface area contributed by atoms with Crippen molar-refractivity contribution in [3.05, 3.63) is 63.5 Å². The molecule has 13 nitrogen and oxygen atoms in total. The van der Waals surface area contributed by atoms with Crippen molar-refractivity contribution in [3.8, 4) is 5.75 Å². The molecule has 15 heteroatoms. The van der Waals surface area contributed by atoms with E-state index in [0.29, 0.717) is 58.4 Å². The van der Waals surface area contributed by atoms with Gasteiger partial charge in [-0.25, -0.2) is 9.37 Å². The molecule has 1 atom stereocenters. The Morgan fingerprint density at radius 2 is 1.75 bits per heavy atom. The average Bonchev–Trinajstić information content (AvgIpc) is 3.45. The summed E-state index contributed by atoms with van der Waals surface area (Å²) in [5.41, 5.74) is 1.31. The Hall–Kier alpha value is -4.34. The second-order valence-electron chi connectivity index (χ2n) is 15.0. The highest BCUT2D eigenvalue weighted by molar-refractivity contribution is 7.99. The molecule has 0 bridgehead atoms. The van der Waals surface area contributed by atoms with E-state index < -0.39 is 29.2 Å². The Morgan fingerprint density at radius 3 is 2.47 bits per heavy atom. The summed E-state index contributed by atoms with van der Waals surface area (Å²) in [5, 5.41) is 2.91. The molecule has 294 valence electrons. The van der Waals surface area contributed by atoms with Crippen molar-refractivity contribution in [2.24, 2.45) is 11.8 Å². The summed E-state index contributed by atoms with van der Waals surface area (Å²) >= 11 is 1.74. The van der Waals surface area contributed by atoms with Crippen molar-refractivity contribution in [2.45, 2.75) is 68.4 Å². The number of ether oxygens (including phenoxy) is 2. The van der Waals surface area contributed by atoms with E-state index in [0.717, 1.165) is 95.0 Å². The van der Waals surface area contributed by atoms with E-state index in [1.54, 1.807) is 30.0 Å². The molecule has 0 spiro atoms. The van der Waals surface area contributed by atoms with Gasteiger partial charge in [0.15, 0.2) is 0 Å². The smallest absolute Gasteiger partial charge is 0.262 e. The summed E-state index contributed by atoms with van der Waals surface area (Å²) in [6, 6.07) is 7.27. The van der Waals surface area contributed by atoms with E-state index in [1.165, 1.54) is 13.1 Å². The summed E-state index contributed by atoms with van der Waals surface area (Å²) in [4.78, 5) is 75.7. The topological polar surface area (TPSA) is 154 Å². The second kappa shape index (κ2) is 17.6. The molecule has 1 aromatic heterocycles. The van der Waals surface area contributed by atoms with Crippen molar-refractivity contribution in [1.29, 1.82) is 0 Å². The number of imide groups is 1. The van der Waals surface area contributed by atoms with Gasteiger partial charge >= 0.3 is 0 Å². The fourth-order valence-electron chi connectivity index (χ4n) is 8.13. The molecule has 3 amide bonds. The van der Waals surface area contributed by atoms with E-state index in [2.05, 4.69) is 25.1 Å². The summed E-state index contributed by atoms with van der Waals surface area (Å²) in [5.74, 6) is 0.476. The van der Waals surface area contributed by atoms with Crippen molar-refractivity contribution in [3.63, 3.8) is 0 Å². The molecule has 2 N–H and O–H groups in total. The fourth-order valence-corrected chi connectivity index (χ4v) is 9.19. The molecule has 4 aliphatic heterocycles. The monoisotopic (exact) mass is 776 g/mol. The zero-order valence-electron chi connectivity index (χ0n) is 31.2. The number of piperidine rings is 2. The van der Waals surface area contributed by atoms with Crippen LogP contribution in [0.15, 0.2) is 35.1 Å². The molecule has 55 heavy (non-hydrogen) atoms. The number of amides is 3. The molecule has 0 saturated carbocycles. The molecule has 4 aliphatic rings. The van der Waals surface area contributed by atoms with Gasteiger partial charge in [0.25, 0.3) is 17.4 Å². The molecule has 1 unspecified atom stereocenters.